The van der Waals surface area contributed by atoms with Crippen molar-refractivity contribution in [1.82, 2.24) is 0 Å². The van der Waals surface area contributed by atoms with Crippen LogP contribution in [0.15, 0.2) is 88.9 Å². The first kappa shape index (κ1) is 17.4. The second-order valence-corrected chi connectivity index (χ2v) is 9.10. The Hall–Kier alpha value is -3.32. The van der Waals surface area contributed by atoms with Crippen LogP contribution in [-0.2, 0) is 6.42 Å². The molecule has 2 unspecified atom stereocenters. The SMILES string of the molecule is C1=CC2=C(CC1)C1C=C(c3ccc4oc5c(c4c3)CCC=C5)C=CC1c1ccccc12. The zero-order valence-corrected chi connectivity index (χ0v) is 17.5. The third kappa shape index (κ3) is 2.56. The smallest absolute Gasteiger partial charge is 0.135 e. The first-order valence-corrected chi connectivity index (χ1v) is 11.5. The summed E-state index contributed by atoms with van der Waals surface area (Å²) >= 11 is 0. The van der Waals surface area contributed by atoms with Crippen LogP contribution < -0.4 is 0 Å². The van der Waals surface area contributed by atoms with Gasteiger partial charge >= 0.3 is 0 Å². The van der Waals surface area contributed by atoms with E-state index in [0.717, 1.165) is 30.6 Å². The fourth-order valence-corrected chi connectivity index (χ4v) is 5.97. The van der Waals surface area contributed by atoms with E-state index in [1.807, 2.05) is 0 Å². The number of benzene rings is 2. The zero-order valence-electron chi connectivity index (χ0n) is 17.5. The lowest BCUT2D eigenvalue weighted by atomic mass is 9.66. The quantitative estimate of drug-likeness (QED) is 0.405. The van der Waals surface area contributed by atoms with E-state index in [9.17, 15) is 0 Å². The van der Waals surface area contributed by atoms with E-state index in [0.29, 0.717) is 11.8 Å². The van der Waals surface area contributed by atoms with Crippen LogP contribution in [0.1, 0.15) is 53.2 Å². The molecule has 31 heavy (non-hydrogen) atoms. The number of fused-ring (bicyclic) bond motifs is 8. The Labute approximate surface area is 182 Å². The van der Waals surface area contributed by atoms with Crippen molar-refractivity contribution in [2.75, 3.05) is 0 Å². The summed E-state index contributed by atoms with van der Waals surface area (Å²) in [6, 6.07) is 15.7. The van der Waals surface area contributed by atoms with E-state index in [-0.39, 0.29) is 0 Å². The molecule has 1 heterocycles. The molecule has 0 saturated carbocycles. The molecular formula is C30H24O. The van der Waals surface area contributed by atoms with Crippen molar-refractivity contribution in [2.45, 2.75) is 31.6 Å². The minimum absolute atomic E-state index is 0.445. The van der Waals surface area contributed by atoms with Gasteiger partial charge in [-0.1, -0.05) is 72.4 Å². The summed E-state index contributed by atoms with van der Waals surface area (Å²) < 4.78 is 6.09. The second kappa shape index (κ2) is 6.59. The van der Waals surface area contributed by atoms with Crippen LogP contribution >= 0.6 is 0 Å². The molecule has 0 N–H and O–H groups in total. The number of aryl methyl sites for hydroxylation is 1. The van der Waals surface area contributed by atoms with Crippen LogP contribution in [-0.4, -0.2) is 0 Å². The van der Waals surface area contributed by atoms with Gasteiger partial charge in [0.2, 0.25) is 0 Å². The maximum absolute atomic E-state index is 6.09. The molecule has 150 valence electrons. The monoisotopic (exact) mass is 400 g/mol. The summed E-state index contributed by atoms with van der Waals surface area (Å²) in [4.78, 5) is 0. The maximum atomic E-state index is 6.09. The van der Waals surface area contributed by atoms with Crippen molar-refractivity contribution >= 4 is 28.2 Å². The summed E-state index contributed by atoms with van der Waals surface area (Å²) in [5.41, 5.74) is 11.0. The highest BCUT2D eigenvalue weighted by Crippen LogP contribution is 2.50. The molecular weight excluding hydrogens is 376 g/mol. The summed E-state index contributed by atoms with van der Waals surface area (Å²) in [6.07, 6.45) is 20.8. The summed E-state index contributed by atoms with van der Waals surface area (Å²) in [5, 5.41) is 1.28. The Bertz CT molecular complexity index is 1390. The van der Waals surface area contributed by atoms with E-state index < -0.39 is 0 Å². The first-order valence-electron chi connectivity index (χ1n) is 11.5. The van der Waals surface area contributed by atoms with E-state index in [4.69, 9.17) is 4.42 Å². The third-order valence-corrected chi connectivity index (χ3v) is 7.44. The van der Waals surface area contributed by atoms with Gasteiger partial charge in [0.05, 0.1) is 0 Å². The number of hydrogen-bond acceptors (Lipinski definition) is 1. The number of rotatable bonds is 1. The molecule has 2 aromatic carbocycles. The van der Waals surface area contributed by atoms with Gasteiger partial charge in [0.1, 0.15) is 11.3 Å². The van der Waals surface area contributed by atoms with Crippen LogP contribution in [0.5, 0.6) is 0 Å². The molecule has 0 amide bonds. The molecule has 1 nitrogen and oxygen atoms in total. The standard InChI is InChI=1S/C30H24O/c1-2-9-23-21(7-1)22-8-3-4-10-24(22)27-17-19(13-15-25(23)27)20-14-16-30-28(18-20)26-11-5-6-12-29(26)31-30/h1-3,6-9,12-18,25,27H,4-5,10-11H2. The van der Waals surface area contributed by atoms with Gasteiger partial charge in [-0.25, -0.2) is 0 Å². The first-order chi connectivity index (χ1) is 15.4. The number of allylic oxidation sites excluding steroid dienone is 9. The van der Waals surface area contributed by atoms with Crippen LogP contribution in [0.25, 0.3) is 28.2 Å². The fourth-order valence-electron chi connectivity index (χ4n) is 5.97. The van der Waals surface area contributed by atoms with Crippen molar-refractivity contribution < 1.29 is 4.42 Å². The molecule has 0 spiro atoms. The number of furan rings is 1. The molecule has 1 aromatic heterocycles. The largest absolute Gasteiger partial charge is 0.456 e. The van der Waals surface area contributed by atoms with Crippen molar-refractivity contribution in [3.05, 3.63) is 113 Å². The molecule has 7 rings (SSSR count). The Kier molecular flexibility index (Phi) is 3.69. The molecule has 0 radical (unpaired) electrons. The zero-order chi connectivity index (χ0) is 20.4. The van der Waals surface area contributed by atoms with Gasteiger partial charge in [-0.05, 0) is 71.7 Å². The van der Waals surface area contributed by atoms with E-state index in [1.54, 1.807) is 5.57 Å². The third-order valence-electron chi connectivity index (χ3n) is 7.44. The lowest BCUT2D eigenvalue weighted by Crippen LogP contribution is -2.22. The van der Waals surface area contributed by atoms with Gasteiger partial charge in [-0.2, -0.15) is 0 Å². The van der Waals surface area contributed by atoms with Crippen molar-refractivity contribution in [3.63, 3.8) is 0 Å². The van der Waals surface area contributed by atoms with Gasteiger partial charge in [0.15, 0.2) is 0 Å². The second-order valence-electron chi connectivity index (χ2n) is 9.10. The average molecular weight is 401 g/mol. The van der Waals surface area contributed by atoms with Crippen molar-refractivity contribution in [3.8, 4) is 0 Å². The van der Waals surface area contributed by atoms with Crippen LogP contribution in [0.3, 0.4) is 0 Å². The molecule has 4 aliphatic carbocycles. The minimum atomic E-state index is 0.445. The Balaban J connectivity index is 1.36. The topological polar surface area (TPSA) is 13.1 Å². The van der Waals surface area contributed by atoms with Gasteiger partial charge in [0, 0.05) is 22.8 Å². The maximum Gasteiger partial charge on any atom is 0.135 e. The lowest BCUT2D eigenvalue weighted by molar-refractivity contribution is 0.595. The Morgan fingerprint density at radius 3 is 2.74 bits per heavy atom. The van der Waals surface area contributed by atoms with E-state index in [1.165, 1.54) is 45.2 Å². The summed E-state index contributed by atoms with van der Waals surface area (Å²) in [6.45, 7) is 0. The van der Waals surface area contributed by atoms with Crippen LogP contribution in [0.4, 0.5) is 0 Å². The van der Waals surface area contributed by atoms with Gasteiger partial charge < -0.3 is 4.42 Å². The molecule has 1 heteroatoms. The summed E-state index contributed by atoms with van der Waals surface area (Å²) in [7, 11) is 0. The van der Waals surface area contributed by atoms with Crippen molar-refractivity contribution in [2.24, 2.45) is 5.92 Å². The normalized spacial score (nSPS) is 23.3. The molecule has 0 fully saturated rings. The predicted molar refractivity (Wildman–Crippen MR) is 129 cm³/mol. The van der Waals surface area contributed by atoms with E-state index >= 15 is 0 Å². The Morgan fingerprint density at radius 1 is 0.839 bits per heavy atom. The molecule has 0 aliphatic heterocycles. The summed E-state index contributed by atoms with van der Waals surface area (Å²) in [5.74, 6) is 1.94. The highest BCUT2D eigenvalue weighted by atomic mass is 16.3. The molecule has 0 bridgehead atoms. The van der Waals surface area contributed by atoms with Gasteiger partial charge in [-0.3, -0.25) is 0 Å². The van der Waals surface area contributed by atoms with E-state index in [2.05, 4.69) is 85.0 Å². The lowest BCUT2D eigenvalue weighted by Gasteiger charge is -2.37. The van der Waals surface area contributed by atoms with Gasteiger partial charge in [0.25, 0.3) is 0 Å². The number of hydrogen-bond donors (Lipinski definition) is 0. The molecule has 3 aromatic rings. The van der Waals surface area contributed by atoms with Crippen LogP contribution in [0.2, 0.25) is 0 Å². The Morgan fingerprint density at radius 2 is 1.74 bits per heavy atom. The minimum Gasteiger partial charge on any atom is -0.456 e. The van der Waals surface area contributed by atoms with Crippen LogP contribution in [0, 0.1) is 5.92 Å². The highest BCUT2D eigenvalue weighted by Gasteiger charge is 2.34. The average Bonchev–Trinajstić information content (AvgIpc) is 3.22. The van der Waals surface area contributed by atoms with Crippen molar-refractivity contribution in [1.29, 1.82) is 0 Å². The van der Waals surface area contributed by atoms with Gasteiger partial charge in [-0.15, -0.1) is 0 Å². The predicted octanol–water partition coefficient (Wildman–Crippen LogP) is 7.86. The highest BCUT2D eigenvalue weighted by molar-refractivity contribution is 5.91. The fraction of sp³-hybridized carbons (Fsp3) is 0.200. The molecule has 4 aliphatic rings. The molecule has 2 atom stereocenters. The molecule has 0 saturated heterocycles.